The molecule has 0 spiro atoms. The van der Waals surface area contributed by atoms with E-state index in [1.54, 1.807) is 33.3 Å². The molecule has 3 rings (SSSR count). The maximum Gasteiger partial charge on any atom is 0.161 e. The molecule has 6 heteroatoms. The predicted molar refractivity (Wildman–Crippen MR) is 102 cm³/mol. The van der Waals surface area contributed by atoms with Crippen molar-refractivity contribution in [3.63, 3.8) is 0 Å². The summed E-state index contributed by atoms with van der Waals surface area (Å²) in [6, 6.07) is 12.8. The van der Waals surface area contributed by atoms with Crippen molar-refractivity contribution in [2.24, 2.45) is 4.99 Å². The first-order valence-corrected chi connectivity index (χ1v) is 8.54. The molecule has 0 saturated carbocycles. The molecule has 136 valence electrons. The van der Waals surface area contributed by atoms with E-state index >= 15 is 0 Å². The molecule has 0 aliphatic carbocycles. The summed E-state index contributed by atoms with van der Waals surface area (Å²) in [5.41, 5.74) is 1.49. The molecule has 1 heterocycles. The van der Waals surface area contributed by atoms with E-state index in [-0.39, 0.29) is 6.54 Å². The molecule has 26 heavy (non-hydrogen) atoms. The number of fused-ring (bicyclic) bond motifs is 1. The number of halogens is 1. The predicted octanol–water partition coefficient (Wildman–Crippen LogP) is 4.05. The summed E-state index contributed by atoms with van der Waals surface area (Å²) >= 11 is 6.12. The van der Waals surface area contributed by atoms with Crippen LogP contribution in [0.1, 0.15) is 6.92 Å². The van der Waals surface area contributed by atoms with Gasteiger partial charge >= 0.3 is 0 Å². The maximum atomic E-state index is 9.58. The molecule has 3 aromatic rings. The van der Waals surface area contributed by atoms with E-state index in [1.807, 2.05) is 30.3 Å². The second-order valence-electron chi connectivity index (χ2n) is 5.90. The summed E-state index contributed by atoms with van der Waals surface area (Å²) in [4.78, 5) is 4.51. The van der Waals surface area contributed by atoms with Crippen molar-refractivity contribution in [3.05, 3.63) is 52.8 Å². The van der Waals surface area contributed by atoms with Crippen LogP contribution in [0.2, 0.25) is 5.02 Å². The smallest absolute Gasteiger partial charge is 0.161 e. The second kappa shape index (κ2) is 7.81. The van der Waals surface area contributed by atoms with E-state index < -0.39 is 6.10 Å². The van der Waals surface area contributed by atoms with Crippen LogP contribution in [0, 0.1) is 0 Å². The fourth-order valence-electron chi connectivity index (χ4n) is 2.63. The fraction of sp³-hybridized carbons (Fsp3) is 0.250. The van der Waals surface area contributed by atoms with Crippen LogP contribution in [-0.4, -0.2) is 32.0 Å². The Bertz CT molecular complexity index is 995. The zero-order valence-electron chi connectivity index (χ0n) is 14.8. The Hall–Kier alpha value is -2.50. The molecule has 5 nitrogen and oxygen atoms in total. The van der Waals surface area contributed by atoms with Crippen LogP contribution in [-0.2, 0) is 0 Å². The average molecular weight is 374 g/mol. The van der Waals surface area contributed by atoms with Gasteiger partial charge in [-0.25, -0.2) is 0 Å². The van der Waals surface area contributed by atoms with Crippen molar-refractivity contribution in [2.45, 2.75) is 13.0 Å². The second-order valence-corrected chi connectivity index (χ2v) is 6.33. The third kappa shape index (κ3) is 3.84. The SMILES string of the molecule is COc1ccc(-c2cc(=NC[C@@H](C)O)c3cc(Cl)ccc3o2)cc1OC. The van der Waals surface area contributed by atoms with E-state index in [9.17, 15) is 5.11 Å². The molecule has 0 aliphatic rings. The summed E-state index contributed by atoms with van der Waals surface area (Å²) in [7, 11) is 3.18. The summed E-state index contributed by atoms with van der Waals surface area (Å²) < 4.78 is 16.7. The molecular weight excluding hydrogens is 354 g/mol. The number of hydrogen-bond donors (Lipinski definition) is 1. The Balaban J connectivity index is 2.21. The van der Waals surface area contributed by atoms with Crippen LogP contribution in [0.15, 0.2) is 51.9 Å². The Morgan fingerprint density at radius 2 is 1.85 bits per heavy atom. The Morgan fingerprint density at radius 3 is 2.54 bits per heavy atom. The van der Waals surface area contributed by atoms with Gasteiger partial charge in [-0.3, -0.25) is 4.99 Å². The van der Waals surface area contributed by atoms with Crippen LogP contribution >= 0.6 is 11.6 Å². The molecule has 1 N–H and O–H groups in total. The van der Waals surface area contributed by atoms with E-state index in [0.717, 1.165) is 10.9 Å². The highest BCUT2D eigenvalue weighted by atomic mass is 35.5. The summed E-state index contributed by atoms with van der Waals surface area (Å²) in [5, 5.41) is 11.7. The first kappa shape index (κ1) is 18.3. The average Bonchev–Trinajstić information content (AvgIpc) is 2.65. The minimum absolute atomic E-state index is 0.289. The standard InChI is InChI=1S/C20H20ClNO4/c1-12(23)11-22-16-10-19(26-17-7-5-14(21)9-15(16)17)13-4-6-18(24-2)20(8-13)25-3/h4-10,12,23H,11H2,1-3H3/t12-/m1/s1. The number of ether oxygens (including phenoxy) is 2. The van der Waals surface area contributed by atoms with Crippen LogP contribution in [0.5, 0.6) is 11.5 Å². The number of methoxy groups -OCH3 is 2. The van der Waals surface area contributed by atoms with Crippen molar-refractivity contribution in [1.29, 1.82) is 0 Å². The van der Waals surface area contributed by atoms with Gasteiger partial charge in [-0.1, -0.05) is 11.6 Å². The lowest BCUT2D eigenvalue weighted by Crippen LogP contribution is -2.11. The highest BCUT2D eigenvalue weighted by Crippen LogP contribution is 2.33. The topological polar surface area (TPSA) is 64.2 Å². The highest BCUT2D eigenvalue weighted by molar-refractivity contribution is 6.31. The molecule has 0 unspecified atom stereocenters. The number of aliphatic hydroxyl groups excluding tert-OH is 1. The maximum absolute atomic E-state index is 9.58. The summed E-state index contributed by atoms with van der Waals surface area (Å²) in [6.45, 7) is 1.98. The lowest BCUT2D eigenvalue weighted by atomic mass is 10.1. The van der Waals surface area contributed by atoms with Gasteiger partial charge in [0.1, 0.15) is 11.3 Å². The van der Waals surface area contributed by atoms with Crippen LogP contribution in [0.3, 0.4) is 0 Å². The number of rotatable bonds is 5. The van der Waals surface area contributed by atoms with Gasteiger partial charge in [-0.2, -0.15) is 0 Å². The van der Waals surface area contributed by atoms with Gasteiger partial charge in [0, 0.05) is 22.0 Å². The third-order valence-electron chi connectivity index (χ3n) is 3.90. The van der Waals surface area contributed by atoms with E-state index in [1.165, 1.54) is 0 Å². The van der Waals surface area contributed by atoms with Gasteiger partial charge < -0.3 is 19.0 Å². The van der Waals surface area contributed by atoms with Crippen LogP contribution in [0.25, 0.3) is 22.3 Å². The largest absolute Gasteiger partial charge is 0.493 e. The summed E-state index contributed by atoms with van der Waals surface area (Å²) in [5.74, 6) is 1.88. The van der Waals surface area contributed by atoms with Gasteiger partial charge in [0.2, 0.25) is 0 Å². The molecule has 1 aromatic heterocycles. The molecular formula is C20H20ClNO4. The number of hydrogen-bond acceptors (Lipinski definition) is 5. The van der Waals surface area contributed by atoms with Gasteiger partial charge in [-0.05, 0) is 43.3 Å². The van der Waals surface area contributed by atoms with Gasteiger partial charge in [-0.15, -0.1) is 0 Å². The minimum Gasteiger partial charge on any atom is -0.493 e. The first-order chi connectivity index (χ1) is 12.5. The Labute approximate surface area is 156 Å². The van der Waals surface area contributed by atoms with Crippen molar-refractivity contribution in [3.8, 4) is 22.8 Å². The van der Waals surface area contributed by atoms with E-state index in [2.05, 4.69) is 4.99 Å². The van der Waals surface area contributed by atoms with Gasteiger partial charge in [0.25, 0.3) is 0 Å². The molecule has 2 aromatic carbocycles. The number of benzene rings is 2. The van der Waals surface area contributed by atoms with Gasteiger partial charge in [0.05, 0.1) is 32.2 Å². The zero-order chi connectivity index (χ0) is 18.7. The highest BCUT2D eigenvalue weighted by Gasteiger charge is 2.10. The normalized spacial score (nSPS) is 13.0. The third-order valence-corrected chi connectivity index (χ3v) is 4.13. The lowest BCUT2D eigenvalue weighted by molar-refractivity contribution is 0.203. The first-order valence-electron chi connectivity index (χ1n) is 8.16. The van der Waals surface area contributed by atoms with Crippen molar-refractivity contribution in [2.75, 3.05) is 20.8 Å². The molecule has 0 amide bonds. The number of nitrogens with zero attached hydrogens (tertiary/aromatic N) is 1. The van der Waals surface area contributed by atoms with Crippen LogP contribution < -0.4 is 14.8 Å². The van der Waals surface area contributed by atoms with Crippen molar-refractivity contribution >= 4 is 22.6 Å². The van der Waals surface area contributed by atoms with Crippen molar-refractivity contribution in [1.82, 2.24) is 0 Å². The molecule has 0 fully saturated rings. The molecule has 1 atom stereocenters. The Kier molecular flexibility index (Phi) is 5.49. The number of aliphatic hydroxyl groups is 1. The van der Waals surface area contributed by atoms with Crippen LogP contribution in [0.4, 0.5) is 0 Å². The van der Waals surface area contributed by atoms with E-state index in [4.69, 9.17) is 25.5 Å². The lowest BCUT2D eigenvalue weighted by Gasteiger charge is -2.10. The quantitative estimate of drug-likeness (QED) is 0.732. The fourth-order valence-corrected chi connectivity index (χ4v) is 2.81. The molecule has 0 aliphatic heterocycles. The minimum atomic E-state index is -0.536. The monoisotopic (exact) mass is 373 g/mol. The van der Waals surface area contributed by atoms with Gasteiger partial charge in [0.15, 0.2) is 11.5 Å². The Morgan fingerprint density at radius 1 is 1.08 bits per heavy atom. The molecule has 0 bridgehead atoms. The van der Waals surface area contributed by atoms with E-state index in [0.29, 0.717) is 33.2 Å². The van der Waals surface area contributed by atoms with Crippen molar-refractivity contribution < 1.29 is 19.0 Å². The molecule has 0 saturated heterocycles. The summed E-state index contributed by atoms with van der Waals surface area (Å²) in [6.07, 6.45) is -0.536. The zero-order valence-corrected chi connectivity index (χ0v) is 15.6. The molecule has 0 radical (unpaired) electrons.